The summed E-state index contributed by atoms with van der Waals surface area (Å²) in [6.07, 6.45) is 2.28. The Kier molecular flexibility index (Phi) is 5.96. The van der Waals surface area contributed by atoms with Crippen LogP contribution in [0.2, 0.25) is 0 Å². The number of carbonyl (C=O) groups is 2. The number of rotatable bonds is 6. The molecule has 9 heteroatoms. The van der Waals surface area contributed by atoms with E-state index in [0.29, 0.717) is 33.9 Å². The van der Waals surface area contributed by atoms with Crippen LogP contribution in [0.25, 0.3) is 5.65 Å². The molecule has 3 aromatic heterocycles. The van der Waals surface area contributed by atoms with Crippen molar-refractivity contribution in [2.75, 3.05) is 10.6 Å². The molecule has 32 heavy (non-hydrogen) atoms. The lowest BCUT2D eigenvalue weighted by molar-refractivity contribution is -0.116. The second-order valence-corrected chi connectivity index (χ2v) is 8.17. The van der Waals surface area contributed by atoms with Crippen molar-refractivity contribution in [2.45, 2.75) is 26.7 Å². The van der Waals surface area contributed by atoms with Crippen LogP contribution in [-0.4, -0.2) is 26.4 Å². The Hall–Kier alpha value is -4.03. The number of hydrogen-bond donors (Lipinski definition) is 2. The molecular formula is C23H20N6O2S. The molecule has 0 aliphatic heterocycles. The number of nitrogens with zero attached hydrogens (tertiary/aromatic N) is 4. The number of carbonyl (C=O) groups excluding carboxylic acids is 2. The number of fused-ring (bicyclic) bond motifs is 1. The Balaban J connectivity index is 1.37. The summed E-state index contributed by atoms with van der Waals surface area (Å²) in [6, 6.07) is 12.7. The summed E-state index contributed by atoms with van der Waals surface area (Å²) < 4.78 is 1.64. The number of aromatic nitrogens is 3. The zero-order valence-electron chi connectivity index (χ0n) is 17.5. The summed E-state index contributed by atoms with van der Waals surface area (Å²) in [4.78, 5) is 29.7. The first-order valence-electron chi connectivity index (χ1n) is 9.95. The molecule has 4 aromatic rings. The molecular weight excluding hydrogens is 424 g/mol. The van der Waals surface area contributed by atoms with Crippen LogP contribution in [-0.2, 0) is 11.2 Å². The Morgan fingerprint density at radius 2 is 1.84 bits per heavy atom. The lowest BCUT2D eigenvalue weighted by atomic mass is 10.1. The standard InChI is InChI=1S/C23H20N6O2S/c1-14-19(15(2)29-22(26-14)16(12-24)13-25-29)9-10-21(30)27-17-5-7-18(8-6-17)28-23(31)20-4-3-11-32-20/h3-8,11,13H,9-10H2,1-2H3,(H,27,30)(H,28,31). The molecule has 160 valence electrons. The van der Waals surface area contributed by atoms with E-state index in [2.05, 4.69) is 26.8 Å². The van der Waals surface area contributed by atoms with Gasteiger partial charge in [-0.05, 0) is 61.5 Å². The lowest BCUT2D eigenvalue weighted by Crippen LogP contribution is -2.14. The molecule has 0 aliphatic carbocycles. The van der Waals surface area contributed by atoms with E-state index in [0.717, 1.165) is 17.0 Å². The van der Waals surface area contributed by atoms with Crippen LogP contribution in [0.1, 0.15) is 38.6 Å². The van der Waals surface area contributed by atoms with Crippen LogP contribution in [0.3, 0.4) is 0 Å². The number of anilines is 2. The number of nitrogens with one attached hydrogen (secondary N) is 2. The first kappa shape index (κ1) is 21.2. The Morgan fingerprint density at radius 3 is 2.50 bits per heavy atom. The van der Waals surface area contributed by atoms with Gasteiger partial charge in [0, 0.05) is 29.2 Å². The molecule has 0 saturated carbocycles. The fourth-order valence-electron chi connectivity index (χ4n) is 3.45. The van der Waals surface area contributed by atoms with Gasteiger partial charge in [-0.15, -0.1) is 11.3 Å². The first-order chi connectivity index (χ1) is 15.5. The van der Waals surface area contributed by atoms with E-state index in [1.165, 1.54) is 17.5 Å². The molecule has 0 unspecified atom stereocenters. The summed E-state index contributed by atoms with van der Waals surface area (Å²) >= 11 is 1.38. The van der Waals surface area contributed by atoms with Gasteiger partial charge in [0.25, 0.3) is 5.91 Å². The third kappa shape index (κ3) is 4.36. The molecule has 0 atom stereocenters. The van der Waals surface area contributed by atoms with Gasteiger partial charge < -0.3 is 10.6 Å². The largest absolute Gasteiger partial charge is 0.326 e. The number of thiophene rings is 1. The highest BCUT2D eigenvalue weighted by atomic mass is 32.1. The van der Waals surface area contributed by atoms with Gasteiger partial charge >= 0.3 is 0 Å². The van der Waals surface area contributed by atoms with Crippen molar-refractivity contribution >= 4 is 40.2 Å². The number of amides is 2. The molecule has 1 aromatic carbocycles. The average Bonchev–Trinajstić information content (AvgIpc) is 3.45. The fourth-order valence-corrected chi connectivity index (χ4v) is 4.07. The maximum absolute atomic E-state index is 12.5. The summed E-state index contributed by atoms with van der Waals surface area (Å²) in [6.45, 7) is 3.78. The van der Waals surface area contributed by atoms with E-state index in [4.69, 9.17) is 0 Å². The van der Waals surface area contributed by atoms with Gasteiger partial charge in [-0.1, -0.05) is 6.07 Å². The van der Waals surface area contributed by atoms with Gasteiger partial charge in [-0.2, -0.15) is 10.4 Å². The molecule has 0 aliphatic rings. The van der Waals surface area contributed by atoms with Crippen LogP contribution in [0.5, 0.6) is 0 Å². The summed E-state index contributed by atoms with van der Waals surface area (Å²) in [7, 11) is 0. The van der Waals surface area contributed by atoms with E-state index in [-0.39, 0.29) is 18.2 Å². The highest BCUT2D eigenvalue weighted by molar-refractivity contribution is 7.12. The zero-order valence-corrected chi connectivity index (χ0v) is 18.4. The SMILES string of the molecule is Cc1nc2c(C#N)cnn2c(C)c1CCC(=O)Nc1ccc(NC(=O)c2cccs2)cc1. The van der Waals surface area contributed by atoms with Gasteiger partial charge in [-0.25, -0.2) is 9.50 Å². The topological polar surface area (TPSA) is 112 Å². The third-order valence-electron chi connectivity index (χ3n) is 5.10. The van der Waals surface area contributed by atoms with Crippen LogP contribution in [0, 0.1) is 25.2 Å². The molecule has 3 heterocycles. The molecule has 0 radical (unpaired) electrons. The molecule has 0 bridgehead atoms. The van der Waals surface area contributed by atoms with Gasteiger partial charge in [-0.3, -0.25) is 9.59 Å². The molecule has 0 saturated heterocycles. The summed E-state index contributed by atoms with van der Waals surface area (Å²) in [5.74, 6) is -0.287. The van der Waals surface area contributed by atoms with Crippen molar-refractivity contribution in [3.05, 3.63) is 75.4 Å². The van der Waals surface area contributed by atoms with Gasteiger partial charge in [0.05, 0.1) is 11.1 Å². The lowest BCUT2D eigenvalue weighted by Gasteiger charge is -2.11. The highest BCUT2D eigenvalue weighted by Gasteiger charge is 2.15. The zero-order chi connectivity index (χ0) is 22.7. The minimum absolute atomic E-state index is 0.127. The van der Waals surface area contributed by atoms with E-state index in [1.807, 2.05) is 25.3 Å². The van der Waals surface area contributed by atoms with Crippen molar-refractivity contribution < 1.29 is 9.59 Å². The molecule has 4 rings (SSSR count). The number of hydrogen-bond acceptors (Lipinski definition) is 6. The molecule has 2 amide bonds. The highest BCUT2D eigenvalue weighted by Crippen LogP contribution is 2.20. The summed E-state index contributed by atoms with van der Waals surface area (Å²) in [5, 5.41) is 21.0. The van der Waals surface area contributed by atoms with Crippen LogP contribution in [0.4, 0.5) is 11.4 Å². The Labute approximate surface area is 188 Å². The van der Waals surface area contributed by atoms with Gasteiger partial charge in [0.2, 0.25) is 5.91 Å². The van der Waals surface area contributed by atoms with Crippen molar-refractivity contribution in [3.8, 4) is 6.07 Å². The van der Waals surface area contributed by atoms with E-state index >= 15 is 0 Å². The minimum Gasteiger partial charge on any atom is -0.326 e. The van der Waals surface area contributed by atoms with Crippen LogP contribution in [0.15, 0.2) is 48.0 Å². The minimum atomic E-state index is -0.160. The van der Waals surface area contributed by atoms with Crippen molar-refractivity contribution in [3.63, 3.8) is 0 Å². The molecule has 2 N–H and O–H groups in total. The number of benzene rings is 1. The summed E-state index contributed by atoms with van der Waals surface area (Å²) in [5.41, 5.74) is 4.85. The predicted molar refractivity (Wildman–Crippen MR) is 123 cm³/mol. The number of aryl methyl sites for hydroxylation is 2. The van der Waals surface area contributed by atoms with Crippen molar-refractivity contribution in [1.29, 1.82) is 5.26 Å². The van der Waals surface area contributed by atoms with E-state index in [1.54, 1.807) is 34.8 Å². The van der Waals surface area contributed by atoms with Gasteiger partial charge in [0.1, 0.15) is 11.6 Å². The van der Waals surface area contributed by atoms with Crippen molar-refractivity contribution in [1.82, 2.24) is 14.6 Å². The normalized spacial score (nSPS) is 10.7. The van der Waals surface area contributed by atoms with E-state index in [9.17, 15) is 14.9 Å². The predicted octanol–water partition coefficient (Wildman–Crippen LogP) is 4.10. The van der Waals surface area contributed by atoms with Gasteiger partial charge in [0.15, 0.2) is 5.65 Å². The Bertz CT molecular complexity index is 1330. The molecule has 0 fully saturated rings. The average molecular weight is 445 g/mol. The maximum atomic E-state index is 12.5. The maximum Gasteiger partial charge on any atom is 0.265 e. The monoisotopic (exact) mass is 444 g/mol. The van der Waals surface area contributed by atoms with Crippen molar-refractivity contribution in [2.24, 2.45) is 0 Å². The smallest absolute Gasteiger partial charge is 0.265 e. The number of nitriles is 1. The van der Waals surface area contributed by atoms with Crippen LogP contribution < -0.4 is 10.6 Å². The fraction of sp³-hybridized carbons (Fsp3) is 0.174. The Morgan fingerprint density at radius 1 is 1.12 bits per heavy atom. The first-order valence-corrected chi connectivity index (χ1v) is 10.8. The molecule has 0 spiro atoms. The van der Waals surface area contributed by atoms with E-state index < -0.39 is 0 Å². The quantitative estimate of drug-likeness (QED) is 0.465. The second kappa shape index (κ2) is 8.99. The second-order valence-electron chi connectivity index (χ2n) is 7.22. The third-order valence-corrected chi connectivity index (χ3v) is 5.97. The van der Waals surface area contributed by atoms with Crippen LogP contribution >= 0.6 is 11.3 Å². The molecule has 8 nitrogen and oxygen atoms in total.